The summed E-state index contributed by atoms with van der Waals surface area (Å²) in [7, 11) is -2.86. The predicted molar refractivity (Wildman–Crippen MR) is 75.7 cm³/mol. The Morgan fingerprint density at radius 3 is 2.75 bits per heavy atom. The minimum Gasteiger partial charge on any atom is -0.307 e. The average Bonchev–Trinajstić information content (AvgIpc) is 3.03. The van der Waals surface area contributed by atoms with Gasteiger partial charge in [0, 0.05) is 18.2 Å². The summed E-state index contributed by atoms with van der Waals surface area (Å²) in [5.74, 6) is 0.487. The summed E-state index contributed by atoms with van der Waals surface area (Å²) in [5.41, 5.74) is 2.61. The first-order chi connectivity index (χ1) is 9.64. The van der Waals surface area contributed by atoms with Crippen LogP contribution >= 0.6 is 0 Å². The molecule has 3 rings (SSSR count). The third kappa shape index (κ3) is 2.88. The number of nitrogens with one attached hydrogen (secondary N) is 2. The Labute approximate surface area is 117 Å². The van der Waals surface area contributed by atoms with Crippen molar-refractivity contribution in [3.8, 4) is 11.3 Å². The maximum Gasteiger partial charge on any atom is 0.151 e. The molecule has 0 bridgehead atoms. The summed E-state index contributed by atoms with van der Waals surface area (Å²) in [6.07, 6.45) is 0.668. The molecule has 1 aromatic heterocycles. The van der Waals surface area contributed by atoms with Gasteiger partial charge in [0.1, 0.15) is 11.4 Å². The standard InChI is InChI=1S/C13H16N4O2S/c18-20(19)7-6-11(9-20)14-8-12-13(16-17-15-12)10-4-2-1-3-5-10/h1-5,11,14H,6-9H2,(H,15,16,17). The molecule has 2 aromatic rings. The van der Waals surface area contributed by atoms with E-state index >= 15 is 0 Å². The lowest BCUT2D eigenvalue weighted by Crippen LogP contribution is -2.29. The van der Waals surface area contributed by atoms with Crippen molar-refractivity contribution in [1.29, 1.82) is 0 Å². The summed E-state index contributed by atoms with van der Waals surface area (Å²) < 4.78 is 22.8. The normalized spacial score (nSPS) is 21.1. The molecule has 1 aliphatic heterocycles. The van der Waals surface area contributed by atoms with E-state index < -0.39 is 9.84 Å². The summed E-state index contributed by atoms with van der Waals surface area (Å²) in [6, 6.07) is 9.81. The fourth-order valence-corrected chi connectivity index (χ4v) is 4.11. The van der Waals surface area contributed by atoms with E-state index in [9.17, 15) is 8.42 Å². The van der Waals surface area contributed by atoms with Gasteiger partial charge in [0.15, 0.2) is 9.84 Å². The molecule has 0 amide bonds. The minimum atomic E-state index is -2.86. The molecule has 0 spiro atoms. The highest BCUT2D eigenvalue weighted by atomic mass is 32.2. The van der Waals surface area contributed by atoms with Gasteiger partial charge in [-0.05, 0) is 6.42 Å². The van der Waals surface area contributed by atoms with E-state index in [0.29, 0.717) is 13.0 Å². The van der Waals surface area contributed by atoms with Crippen LogP contribution in [0.1, 0.15) is 12.1 Å². The molecule has 2 N–H and O–H groups in total. The SMILES string of the molecule is O=S1(=O)CCC(NCc2n[nH]nc2-c2ccccc2)C1. The molecule has 2 heterocycles. The zero-order valence-electron chi connectivity index (χ0n) is 10.9. The molecule has 1 aromatic carbocycles. The van der Waals surface area contributed by atoms with Crippen molar-refractivity contribution >= 4 is 9.84 Å². The molecule has 20 heavy (non-hydrogen) atoms. The molecule has 6 nitrogen and oxygen atoms in total. The van der Waals surface area contributed by atoms with Crippen LogP contribution in [-0.4, -0.2) is 41.4 Å². The molecule has 0 saturated carbocycles. The molecule has 1 atom stereocenters. The topological polar surface area (TPSA) is 87.7 Å². The van der Waals surface area contributed by atoms with Crippen LogP contribution in [0.2, 0.25) is 0 Å². The van der Waals surface area contributed by atoms with Gasteiger partial charge in [0.2, 0.25) is 0 Å². The third-order valence-corrected chi connectivity index (χ3v) is 5.23. The molecule has 1 saturated heterocycles. The molecule has 7 heteroatoms. The van der Waals surface area contributed by atoms with Gasteiger partial charge in [0.05, 0.1) is 11.5 Å². The van der Waals surface area contributed by atoms with Gasteiger partial charge >= 0.3 is 0 Å². The van der Waals surface area contributed by atoms with E-state index in [0.717, 1.165) is 17.0 Å². The van der Waals surface area contributed by atoms with Crippen LogP contribution in [0.15, 0.2) is 30.3 Å². The van der Waals surface area contributed by atoms with Crippen molar-refractivity contribution < 1.29 is 8.42 Å². The first-order valence-electron chi connectivity index (χ1n) is 6.53. The van der Waals surface area contributed by atoms with Gasteiger partial charge in [-0.2, -0.15) is 15.4 Å². The summed E-state index contributed by atoms with van der Waals surface area (Å²) >= 11 is 0. The molecule has 106 valence electrons. The van der Waals surface area contributed by atoms with Crippen molar-refractivity contribution in [2.45, 2.75) is 19.0 Å². The van der Waals surface area contributed by atoms with E-state index in [4.69, 9.17) is 0 Å². The molecular weight excluding hydrogens is 276 g/mol. The molecule has 1 fully saturated rings. The molecule has 0 aliphatic carbocycles. The van der Waals surface area contributed by atoms with Gasteiger partial charge in [-0.3, -0.25) is 0 Å². The van der Waals surface area contributed by atoms with Gasteiger partial charge in [-0.1, -0.05) is 30.3 Å². The fraction of sp³-hybridized carbons (Fsp3) is 0.385. The lowest BCUT2D eigenvalue weighted by Gasteiger charge is -2.09. The molecular formula is C13H16N4O2S. The highest BCUT2D eigenvalue weighted by molar-refractivity contribution is 7.91. The number of hydrogen-bond donors (Lipinski definition) is 2. The number of sulfone groups is 1. The Hall–Kier alpha value is -1.73. The van der Waals surface area contributed by atoms with Gasteiger partial charge in [-0.15, -0.1) is 0 Å². The van der Waals surface area contributed by atoms with Crippen LogP contribution < -0.4 is 5.32 Å². The maximum atomic E-state index is 11.4. The highest BCUT2D eigenvalue weighted by Gasteiger charge is 2.27. The van der Waals surface area contributed by atoms with Gasteiger partial charge in [0.25, 0.3) is 0 Å². The van der Waals surface area contributed by atoms with E-state index in [-0.39, 0.29) is 17.5 Å². The number of rotatable bonds is 4. The Bertz CT molecular complexity index is 681. The average molecular weight is 292 g/mol. The fourth-order valence-electron chi connectivity index (χ4n) is 2.40. The van der Waals surface area contributed by atoms with Crippen LogP contribution in [0.3, 0.4) is 0 Å². The zero-order valence-corrected chi connectivity index (χ0v) is 11.7. The van der Waals surface area contributed by atoms with Crippen molar-refractivity contribution in [2.24, 2.45) is 0 Å². The highest BCUT2D eigenvalue weighted by Crippen LogP contribution is 2.19. The molecule has 1 unspecified atom stereocenters. The number of aromatic nitrogens is 3. The minimum absolute atomic E-state index is 0.0142. The maximum absolute atomic E-state index is 11.4. The van der Waals surface area contributed by atoms with E-state index in [1.165, 1.54) is 0 Å². The Morgan fingerprint density at radius 1 is 1.25 bits per heavy atom. The number of nitrogens with zero attached hydrogens (tertiary/aromatic N) is 2. The second-order valence-corrected chi connectivity index (χ2v) is 7.19. The van der Waals surface area contributed by atoms with E-state index in [1.807, 2.05) is 30.3 Å². The van der Waals surface area contributed by atoms with Crippen molar-refractivity contribution in [3.63, 3.8) is 0 Å². The van der Waals surface area contributed by atoms with E-state index in [2.05, 4.69) is 20.7 Å². The lowest BCUT2D eigenvalue weighted by atomic mass is 10.1. The number of H-pyrrole nitrogens is 1. The second-order valence-electron chi connectivity index (χ2n) is 4.97. The quantitative estimate of drug-likeness (QED) is 0.868. The second kappa shape index (κ2) is 5.34. The first-order valence-corrected chi connectivity index (χ1v) is 8.35. The van der Waals surface area contributed by atoms with Crippen LogP contribution in [0.25, 0.3) is 11.3 Å². The predicted octanol–water partition coefficient (Wildman–Crippen LogP) is 0.748. The van der Waals surface area contributed by atoms with Crippen LogP contribution in [0, 0.1) is 0 Å². The molecule has 1 aliphatic rings. The van der Waals surface area contributed by atoms with Crippen LogP contribution in [0.4, 0.5) is 0 Å². The van der Waals surface area contributed by atoms with Crippen molar-refractivity contribution in [3.05, 3.63) is 36.0 Å². The summed E-state index contributed by atoms with van der Waals surface area (Å²) in [6.45, 7) is 0.515. The Kier molecular flexibility index (Phi) is 3.54. The zero-order chi connectivity index (χ0) is 14.0. The number of benzene rings is 1. The van der Waals surface area contributed by atoms with E-state index in [1.54, 1.807) is 0 Å². The lowest BCUT2D eigenvalue weighted by molar-refractivity contribution is 0.548. The Morgan fingerprint density at radius 2 is 2.05 bits per heavy atom. The number of hydrogen-bond acceptors (Lipinski definition) is 5. The summed E-state index contributed by atoms with van der Waals surface area (Å²) in [4.78, 5) is 0. The molecule has 0 radical (unpaired) electrons. The van der Waals surface area contributed by atoms with Crippen molar-refractivity contribution in [2.75, 3.05) is 11.5 Å². The monoisotopic (exact) mass is 292 g/mol. The smallest absolute Gasteiger partial charge is 0.151 e. The van der Waals surface area contributed by atoms with Gasteiger partial charge < -0.3 is 5.32 Å². The Balaban J connectivity index is 1.69. The van der Waals surface area contributed by atoms with Crippen LogP contribution in [-0.2, 0) is 16.4 Å². The third-order valence-electron chi connectivity index (χ3n) is 3.46. The van der Waals surface area contributed by atoms with Crippen molar-refractivity contribution in [1.82, 2.24) is 20.7 Å². The van der Waals surface area contributed by atoms with Gasteiger partial charge in [-0.25, -0.2) is 8.42 Å². The first kappa shape index (κ1) is 13.3. The largest absolute Gasteiger partial charge is 0.307 e. The number of aromatic amines is 1. The van der Waals surface area contributed by atoms with Crippen LogP contribution in [0.5, 0.6) is 0 Å². The summed E-state index contributed by atoms with van der Waals surface area (Å²) in [5, 5.41) is 14.2.